The van der Waals surface area contributed by atoms with Gasteiger partial charge in [0.15, 0.2) is 0 Å². The topological polar surface area (TPSA) is 134 Å². The summed E-state index contributed by atoms with van der Waals surface area (Å²) in [4.78, 5) is 55.8. The molecule has 1 aliphatic rings. The van der Waals surface area contributed by atoms with E-state index in [1.165, 1.54) is 16.8 Å². The number of aryl methyl sites for hydroxylation is 1. The number of rotatable bonds is 9. The molecule has 1 atom stereocenters. The van der Waals surface area contributed by atoms with Gasteiger partial charge in [0.05, 0.1) is 25.3 Å². The van der Waals surface area contributed by atoms with Crippen molar-refractivity contribution in [1.82, 2.24) is 4.57 Å². The Morgan fingerprint density at radius 2 is 1.74 bits per heavy atom. The van der Waals surface area contributed by atoms with E-state index < -0.39 is 53.0 Å². The molecule has 0 spiro atoms. The molecule has 1 aromatic carbocycles. The van der Waals surface area contributed by atoms with E-state index in [1.807, 2.05) is 0 Å². The Hall–Kier alpha value is -3.51. The van der Waals surface area contributed by atoms with Gasteiger partial charge >= 0.3 is 17.9 Å². The van der Waals surface area contributed by atoms with Crippen LogP contribution in [0.5, 0.6) is 0 Å². The average molecular weight is 494 g/mol. The van der Waals surface area contributed by atoms with Gasteiger partial charge in [-0.25, -0.2) is 19.1 Å². The van der Waals surface area contributed by atoms with Crippen LogP contribution in [-0.4, -0.2) is 60.2 Å². The van der Waals surface area contributed by atoms with Crippen molar-refractivity contribution in [2.45, 2.75) is 40.5 Å². The number of carboxylic acids is 1. The number of fused-ring (bicyclic) bond motifs is 1. The maximum atomic E-state index is 15.3. The Balaban J connectivity index is 2.18. The number of aromatic nitrogens is 1. The minimum Gasteiger partial charge on any atom is -0.477 e. The van der Waals surface area contributed by atoms with Crippen LogP contribution in [0.1, 0.15) is 38.1 Å². The quantitative estimate of drug-likeness (QED) is 0.408. The molecule has 12 heteroatoms. The highest BCUT2D eigenvalue weighted by Crippen LogP contribution is 2.41. The minimum atomic E-state index is -2.05. The number of pyridine rings is 1. The summed E-state index contributed by atoms with van der Waals surface area (Å²) < 4.78 is 32.5. The predicted octanol–water partition coefficient (Wildman–Crippen LogP) is 2.09. The van der Waals surface area contributed by atoms with Gasteiger partial charge in [-0.1, -0.05) is 0 Å². The number of carbonyl (C=O) groups excluding carboxylic acids is 2. The molecule has 1 N–H and O–H groups in total. The zero-order chi connectivity index (χ0) is 25.9. The van der Waals surface area contributed by atoms with Crippen LogP contribution >= 0.6 is 0 Å². The van der Waals surface area contributed by atoms with Crippen LogP contribution in [-0.2, 0) is 35.2 Å². The molecule has 11 nitrogen and oxygen atoms in total. The molecule has 0 saturated carbocycles. The fourth-order valence-corrected chi connectivity index (χ4v) is 3.94. The summed E-state index contributed by atoms with van der Waals surface area (Å²) in [5, 5.41) is 10.2. The van der Waals surface area contributed by atoms with Crippen LogP contribution in [0.2, 0.25) is 0 Å². The number of carboxylic acid groups (broad SMARTS) is 1. The molecule has 0 radical (unpaired) electrons. The molecule has 2 aromatic rings. The van der Waals surface area contributed by atoms with Crippen LogP contribution in [0.3, 0.4) is 0 Å². The molecule has 0 aliphatic carbocycles. The smallest absolute Gasteiger partial charge is 0.341 e. The van der Waals surface area contributed by atoms with Crippen molar-refractivity contribution in [3.63, 3.8) is 0 Å². The normalized spacial score (nSPS) is 16.9. The SMILES string of the molecule is CCOC(=O)C1(C(=O)OCC)CN(c2cc3c(cc2F)c(=O)c(C(=O)O)cn3CC)O[C@H]1OCC. The van der Waals surface area contributed by atoms with Gasteiger partial charge in [0.1, 0.15) is 17.1 Å². The van der Waals surface area contributed by atoms with Crippen LogP contribution in [0.15, 0.2) is 23.1 Å². The monoisotopic (exact) mass is 494 g/mol. The molecule has 0 amide bonds. The summed E-state index contributed by atoms with van der Waals surface area (Å²) in [5.74, 6) is -4.26. The highest BCUT2D eigenvalue weighted by atomic mass is 19.1. The lowest BCUT2D eigenvalue weighted by molar-refractivity contribution is -0.203. The second-order valence-corrected chi connectivity index (χ2v) is 7.63. The van der Waals surface area contributed by atoms with E-state index >= 15 is 4.39 Å². The number of anilines is 1. The standard InChI is InChI=1S/C23H27FN2O9/c1-5-25-11-14(19(28)29)18(27)13-9-15(24)17(10-16(13)25)26-12-23(20(30)32-6-2,21(31)33-7-3)22(35-26)34-8-4/h9-11,22H,5-8,12H2,1-4H3,(H,28,29)/t22-/m1/s1. The van der Waals surface area contributed by atoms with Crippen molar-refractivity contribution in [2.24, 2.45) is 5.41 Å². The molecule has 190 valence electrons. The first-order chi connectivity index (χ1) is 16.7. The van der Waals surface area contributed by atoms with E-state index in [1.54, 1.807) is 27.7 Å². The first-order valence-electron chi connectivity index (χ1n) is 11.2. The largest absolute Gasteiger partial charge is 0.477 e. The highest BCUT2D eigenvalue weighted by molar-refractivity contribution is 6.02. The molecule has 2 heterocycles. The Morgan fingerprint density at radius 1 is 1.11 bits per heavy atom. The third-order valence-corrected chi connectivity index (χ3v) is 5.60. The summed E-state index contributed by atoms with van der Waals surface area (Å²) in [6.45, 7) is 6.28. The Bertz CT molecular complexity index is 1190. The van der Waals surface area contributed by atoms with E-state index in [0.29, 0.717) is 0 Å². The highest BCUT2D eigenvalue weighted by Gasteiger charge is 2.63. The molecule has 1 aliphatic heterocycles. The number of hydrogen-bond donors (Lipinski definition) is 1. The fourth-order valence-electron chi connectivity index (χ4n) is 3.94. The van der Waals surface area contributed by atoms with Gasteiger partial charge in [0, 0.05) is 24.7 Å². The molecule has 1 saturated heterocycles. The molecule has 1 aromatic heterocycles. The maximum absolute atomic E-state index is 15.3. The van der Waals surface area contributed by atoms with E-state index in [0.717, 1.165) is 11.1 Å². The summed E-state index contributed by atoms with van der Waals surface area (Å²) in [6, 6.07) is 2.19. The Kier molecular flexibility index (Phi) is 7.76. The van der Waals surface area contributed by atoms with Crippen molar-refractivity contribution >= 4 is 34.5 Å². The van der Waals surface area contributed by atoms with Gasteiger partial charge in [-0.05, 0) is 39.8 Å². The lowest BCUT2D eigenvalue weighted by Crippen LogP contribution is -2.51. The lowest BCUT2D eigenvalue weighted by atomic mass is 9.87. The fraction of sp³-hybridized carbons (Fsp3) is 0.478. The molecular weight excluding hydrogens is 467 g/mol. The van der Waals surface area contributed by atoms with Gasteiger partial charge in [-0.3, -0.25) is 14.4 Å². The summed E-state index contributed by atoms with van der Waals surface area (Å²) in [5.41, 5.74) is -3.35. The lowest BCUT2D eigenvalue weighted by Gasteiger charge is -2.26. The first kappa shape index (κ1) is 26.1. The second-order valence-electron chi connectivity index (χ2n) is 7.63. The molecule has 0 bridgehead atoms. The van der Waals surface area contributed by atoms with Crippen molar-refractivity contribution in [2.75, 3.05) is 31.4 Å². The number of halogens is 1. The molecule has 1 fully saturated rings. The summed E-state index contributed by atoms with van der Waals surface area (Å²) >= 11 is 0. The van der Waals surface area contributed by atoms with Crippen molar-refractivity contribution in [3.05, 3.63) is 39.9 Å². The van der Waals surface area contributed by atoms with Gasteiger partial charge in [0.25, 0.3) is 0 Å². The van der Waals surface area contributed by atoms with Gasteiger partial charge in [-0.15, -0.1) is 0 Å². The molecular formula is C23H27FN2O9. The maximum Gasteiger partial charge on any atom is 0.341 e. The Morgan fingerprint density at radius 3 is 2.26 bits per heavy atom. The number of hydroxylamine groups is 1. The number of carbonyl (C=O) groups is 3. The van der Waals surface area contributed by atoms with Crippen LogP contribution in [0.25, 0.3) is 10.9 Å². The van der Waals surface area contributed by atoms with E-state index in [2.05, 4.69) is 0 Å². The van der Waals surface area contributed by atoms with Gasteiger partial charge in [0.2, 0.25) is 17.1 Å². The number of ether oxygens (including phenoxy) is 3. The van der Waals surface area contributed by atoms with E-state index in [4.69, 9.17) is 19.0 Å². The molecule has 0 unspecified atom stereocenters. The molecule has 3 rings (SSSR count). The summed E-state index contributed by atoms with van der Waals surface area (Å²) in [7, 11) is 0. The number of esters is 2. The minimum absolute atomic E-state index is 0.0299. The van der Waals surface area contributed by atoms with Crippen molar-refractivity contribution in [3.8, 4) is 0 Å². The molecule has 35 heavy (non-hydrogen) atoms. The zero-order valence-corrected chi connectivity index (χ0v) is 19.8. The number of hydrogen-bond acceptors (Lipinski definition) is 9. The predicted molar refractivity (Wildman–Crippen MR) is 120 cm³/mol. The van der Waals surface area contributed by atoms with E-state index in [-0.39, 0.29) is 43.0 Å². The van der Waals surface area contributed by atoms with Crippen molar-refractivity contribution in [1.29, 1.82) is 0 Å². The van der Waals surface area contributed by atoms with Gasteiger partial charge in [-0.2, -0.15) is 0 Å². The third kappa shape index (κ3) is 4.46. The number of benzene rings is 1. The third-order valence-electron chi connectivity index (χ3n) is 5.60. The van der Waals surface area contributed by atoms with Crippen LogP contribution < -0.4 is 10.5 Å². The number of nitrogens with zero attached hydrogens (tertiary/aromatic N) is 2. The second kappa shape index (κ2) is 10.4. The summed E-state index contributed by atoms with van der Waals surface area (Å²) in [6.07, 6.45) is -0.298. The first-order valence-corrected chi connectivity index (χ1v) is 11.2. The van der Waals surface area contributed by atoms with Crippen LogP contribution in [0.4, 0.5) is 10.1 Å². The van der Waals surface area contributed by atoms with Crippen molar-refractivity contribution < 1.29 is 42.9 Å². The zero-order valence-electron chi connectivity index (χ0n) is 19.8. The Labute approximate surface area is 199 Å². The average Bonchev–Trinajstić information content (AvgIpc) is 3.20. The van der Waals surface area contributed by atoms with Crippen LogP contribution in [0, 0.1) is 11.2 Å². The van der Waals surface area contributed by atoms with E-state index in [9.17, 15) is 24.3 Å². The number of aromatic carboxylic acids is 1. The van der Waals surface area contributed by atoms with Gasteiger partial charge < -0.3 is 23.9 Å².